The molecule has 1 aromatic rings. The SMILES string of the molecule is CC(C)C(F)COc1cc(CNC(N)=O)ccn1. The molecule has 0 spiro atoms. The van der Waals surface area contributed by atoms with Crippen LogP contribution in [0, 0.1) is 5.92 Å². The average molecular weight is 255 g/mol. The van der Waals surface area contributed by atoms with E-state index in [4.69, 9.17) is 10.5 Å². The molecule has 1 heterocycles. The quantitative estimate of drug-likeness (QED) is 0.811. The first kappa shape index (κ1) is 14.2. The van der Waals surface area contributed by atoms with Gasteiger partial charge in [0.1, 0.15) is 12.8 Å². The maximum absolute atomic E-state index is 13.3. The minimum absolute atomic E-state index is 0.0304. The van der Waals surface area contributed by atoms with Gasteiger partial charge in [0.25, 0.3) is 0 Å². The highest BCUT2D eigenvalue weighted by Crippen LogP contribution is 2.12. The third-order valence-electron chi connectivity index (χ3n) is 2.38. The van der Waals surface area contributed by atoms with Crippen molar-refractivity contribution < 1.29 is 13.9 Å². The summed E-state index contributed by atoms with van der Waals surface area (Å²) in [6.45, 7) is 3.83. The topological polar surface area (TPSA) is 77.2 Å². The summed E-state index contributed by atoms with van der Waals surface area (Å²) in [4.78, 5) is 14.5. The van der Waals surface area contributed by atoms with Crippen LogP contribution in [-0.2, 0) is 6.54 Å². The Morgan fingerprint density at radius 2 is 2.33 bits per heavy atom. The Morgan fingerprint density at radius 3 is 2.94 bits per heavy atom. The van der Waals surface area contributed by atoms with Crippen LogP contribution in [-0.4, -0.2) is 23.8 Å². The second kappa shape index (κ2) is 6.78. The predicted octanol–water partition coefficient (Wildman–Crippen LogP) is 1.62. The van der Waals surface area contributed by atoms with Crippen LogP contribution >= 0.6 is 0 Å². The second-order valence-corrected chi connectivity index (χ2v) is 4.29. The Kier molecular flexibility index (Phi) is 5.35. The Morgan fingerprint density at radius 1 is 1.61 bits per heavy atom. The number of halogens is 1. The molecule has 0 aromatic carbocycles. The van der Waals surface area contributed by atoms with E-state index in [2.05, 4.69) is 10.3 Å². The zero-order chi connectivity index (χ0) is 13.5. The van der Waals surface area contributed by atoms with Crippen molar-refractivity contribution in [1.29, 1.82) is 0 Å². The summed E-state index contributed by atoms with van der Waals surface area (Å²) < 4.78 is 18.6. The number of rotatable bonds is 6. The lowest BCUT2D eigenvalue weighted by molar-refractivity contribution is 0.151. The molecule has 18 heavy (non-hydrogen) atoms. The minimum Gasteiger partial charge on any atom is -0.475 e. The maximum atomic E-state index is 13.3. The summed E-state index contributed by atoms with van der Waals surface area (Å²) in [7, 11) is 0. The van der Waals surface area contributed by atoms with E-state index in [1.54, 1.807) is 26.0 Å². The molecule has 0 radical (unpaired) electrons. The summed E-state index contributed by atoms with van der Waals surface area (Å²) in [6.07, 6.45) is 0.509. The highest BCUT2D eigenvalue weighted by atomic mass is 19.1. The zero-order valence-electron chi connectivity index (χ0n) is 10.5. The van der Waals surface area contributed by atoms with Crippen LogP contribution in [0.5, 0.6) is 5.88 Å². The van der Waals surface area contributed by atoms with Crippen LogP contribution in [0.2, 0.25) is 0 Å². The van der Waals surface area contributed by atoms with Crippen LogP contribution in [0.4, 0.5) is 9.18 Å². The van der Waals surface area contributed by atoms with Crippen molar-refractivity contribution in [3.8, 4) is 5.88 Å². The number of carbonyl (C=O) groups excluding carboxylic acids is 1. The first-order valence-corrected chi connectivity index (χ1v) is 5.74. The average Bonchev–Trinajstić information content (AvgIpc) is 2.33. The third kappa shape index (κ3) is 4.99. The lowest BCUT2D eigenvalue weighted by Gasteiger charge is -2.13. The molecule has 0 saturated carbocycles. The van der Waals surface area contributed by atoms with Gasteiger partial charge in [0, 0.05) is 18.8 Å². The number of alkyl halides is 1. The number of amides is 2. The molecule has 0 aliphatic rings. The highest BCUT2D eigenvalue weighted by molar-refractivity contribution is 5.71. The Hall–Kier alpha value is -1.85. The predicted molar refractivity (Wildman–Crippen MR) is 65.9 cm³/mol. The van der Waals surface area contributed by atoms with Crippen LogP contribution in [0.1, 0.15) is 19.4 Å². The molecule has 0 aliphatic carbocycles. The molecular formula is C12H18FN3O2. The molecule has 0 saturated heterocycles. The number of nitrogens with two attached hydrogens (primary N) is 1. The maximum Gasteiger partial charge on any atom is 0.312 e. The number of primary amides is 1. The monoisotopic (exact) mass is 255 g/mol. The summed E-state index contributed by atoms with van der Waals surface area (Å²) in [5, 5.41) is 2.45. The fraction of sp³-hybridized carbons (Fsp3) is 0.500. The van der Waals surface area contributed by atoms with Gasteiger partial charge in [-0.1, -0.05) is 13.8 Å². The molecule has 6 heteroatoms. The number of hydrogen-bond donors (Lipinski definition) is 2. The van der Waals surface area contributed by atoms with Crippen molar-refractivity contribution in [3.63, 3.8) is 0 Å². The molecule has 100 valence electrons. The Labute approximate surface area is 106 Å². The summed E-state index contributed by atoms with van der Waals surface area (Å²) >= 11 is 0. The van der Waals surface area contributed by atoms with Crippen LogP contribution in [0.15, 0.2) is 18.3 Å². The molecule has 1 rings (SSSR count). The fourth-order valence-corrected chi connectivity index (χ4v) is 1.19. The summed E-state index contributed by atoms with van der Waals surface area (Å²) in [6, 6.07) is 2.76. The number of pyridine rings is 1. The third-order valence-corrected chi connectivity index (χ3v) is 2.38. The van der Waals surface area contributed by atoms with Gasteiger partial charge in [-0.3, -0.25) is 0 Å². The van der Waals surface area contributed by atoms with Gasteiger partial charge in [-0.25, -0.2) is 14.2 Å². The number of urea groups is 1. The second-order valence-electron chi connectivity index (χ2n) is 4.29. The number of ether oxygens (including phenoxy) is 1. The molecule has 0 bridgehead atoms. The minimum atomic E-state index is -1.03. The zero-order valence-corrected chi connectivity index (χ0v) is 10.5. The fourth-order valence-electron chi connectivity index (χ4n) is 1.19. The Balaban J connectivity index is 2.51. The van der Waals surface area contributed by atoms with E-state index >= 15 is 0 Å². The molecule has 0 fully saturated rings. The van der Waals surface area contributed by atoms with E-state index in [9.17, 15) is 9.18 Å². The summed E-state index contributed by atoms with van der Waals surface area (Å²) in [5.41, 5.74) is 5.75. The highest BCUT2D eigenvalue weighted by Gasteiger charge is 2.12. The Bertz CT molecular complexity index is 399. The van der Waals surface area contributed by atoms with Crippen LogP contribution < -0.4 is 15.8 Å². The van der Waals surface area contributed by atoms with Gasteiger partial charge < -0.3 is 15.8 Å². The molecule has 1 atom stereocenters. The molecule has 0 aliphatic heterocycles. The van der Waals surface area contributed by atoms with E-state index in [1.807, 2.05) is 0 Å². The van der Waals surface area contributed by atoms with Gasteiger partial charge in [0.05, 0.1) is 0 Å². The van der Waals surface area contributed by atoms with E-state index in [-0.39, 0.29) is 19.1 Å². The van der Waals surface area contributed by atoms with Crippen molar-refractivity contribution >= 4 is 6.03 Å². The van der Waals surface area contributed by atoms with Gasteiger partial charge >= 0.3 is 6.03 Å². The number of carbonyl (C=O) groups is 1. The molecule has 2 amide bonds. The smallest absolute Gasteiger partial charge is 0.312 e. The molecule has 1 unspecified atom stereocenters. The number of hydrogen-bond acceptors (Lipinski definition) is 3. The van der Waals surface area contributed by atoms with Gasteiger partial charge in [-0.2, -0.15) is 0 Å². The molecule has 5 nitrogen and oxygen atoms in total. The van der Waals surface area contributed by atoms with Crippen LogP contribution in [0.3, 0.4) is 0 Å². The molecule has 1 aromatic heterocycles. The van der Waals surface area contributed by atoms with Crippen molar-refractivity contribution in [2.75, 3.05) is 6.61 Å². The largest absolute Gasteiger partial charge is 0.475 e. The van der Waals surface area contributed by atoms with E-state index in [0.717, 1.165) is 5.56 Å². The van der Waals surface area contributed by atoms with Gasteiger partial charge in [0.2, 0.25) is 5.88 Å². The normalized spacial score (nSPS) is 12.2. The number of aromatic nitrogens is 1. The van der Waals surface area contributed by atoms with Crippen molar-refractivity contribution in [3.05, 3.63) is 23.9 Å². The molecular weight excluding hydrogens is 237 g/mol. The van der Waals surface area contributed by atoms with E-state index in [0.29, 0.717) is 5.88 Å². The van der Waals surface area contributed by atoms with Crippen molar-refractivity contribution in [1.82, 2.24) is 10.3 Å². The van der Waals surface area contributed by atoms with Gasteiger partial charge in [-0.05, 0) is 17.5 Å². The standard InChI is InChI=1S/C12H18FN3O2/c1-8(2)10(13)7-18-11-5-9(3-4-15-11)6-16-12(14)17/h3-5,8,10H,6-7H2,1-2H3,(H3,14,16,17). The first-order chi connectivity index (χ1) is 8.49. The number of nitrogens with one attached hydrogen (secondary N) is 1. The van der Waals surface area contributed by atoms with Crippen molar-refractivity contribution in [2.45, 2.75) is 26.6 Å². The first-order valence-electron chi connectivity index (χ1n) is 5.74. The van der Waals surface area contributed by atoms with E-state index in [1.165, 1.54) is 6.20 Å². The van der Waals surface area contributed by atoms with Gasteiger partial charge in [0.15, 0.2) is 0 Å². The van der Waals surface area contributed by atoms with Gasteiger partial charge in [-0.15, -0.1) is 0 Å². The molecule has 3 N–H and O–H groups in total. The van der Waals surface area contributed by atoms with Crippen molar-refractivity contribution in [2.24, 2.45) is 11.7 Å². The lowest BCUT2D eigenvalue weighted by Crippen LogP contribution is -2.28. The van der Waals surface area contributed by atoms with Crippen LogP contribution in [0.25, 0.3) is 0 Å². The number of nitrogens with zero attached hydrogens (tertiary/aromatic N) is 1. The summed E-state index contributed by atoms with van der Waals surface area (Å²) in [5.74, 6) is 0.242. The van der Waals surface area contributed by atoms with E-state index < -0.39 is 12.2 Å². The lowest BCUT2D eigenvalue weighted by atomic mass is 10.1.